The first-order chi connectivity index (χ1) is 15.1. The summed E-state index contributed by atoms with van der Waals surface area (Å²) in [5.41, 5.74) is 8.29. The molecule has 1 fully saturated rings. The third-order valence-electron chi connectivity index (χ3n) is 5.39. The van der Waals surface area contributed by atoms with Gasteiger partial charge in [0.15, 0.2) is 17.2 Å². The minimum absolute atomic E-state index is 0.177. The average Bonchev–Trinajstić information content (AvgIpc) is 3.41. The third-order valence-corrected chi connectivity index (χ3v) is 5.39. The molecule has 1 aliphatic heterocycles. The van der Waals surface area contributed by atoms with E-state index in [0.717, 1.165) is 31.0 Å². The second-order valence-corrected chi connectivity index (χ2v) is 7.46. The van der Waals surface area contributed by atoms with Gasteiger partial charge in [0.1, 0.15) is 23.6 Å². The molecule has 3 N–H and O–H groups in total. The molecule has 3 heterocycles. The highest BCUT2D eigenvalue weighted by Crippen LogP contribution is 2.33. The molecular weight excluding hydrogens is 402 g/mol. The average molecular weight is 422 g/mol. The molecule has 1 unspecified atom stereocenters. The summed E-state index contributed by atoms with van der Waals surface area (Å²) in [5, 5.41) is 8.92. The summed E-state index contributed by atoms with van der Waals surface area (Å²) in [6, 6.07) is 11.1. The van der Waals surface area contributed by atoms with Crippen LogP contribution in [0, 0.1) is 11.6 Å². The molecule has 0 spiro atoms. The lowest BCUT2D eigenvalue weighted by Gasteiger charge is -2.10. The number of aromatic nitrogens is 4. The van der Waals surface area contributed by atoms with Crippen LogP contribution in [0.4, 0.5) is 14.6 Å². The van der Waals surface area contributed by atoms with Gasteiger partial charge in [-0.3, -0.25) is 0 Å². The lowest BCUT2D eigenvalue weighted by Crippen LogP contribution is -2.27. The molecule has 0 saturated carbocycles. The Balaban J connectivity index is 1.48. The van der Waals surface area contributed by atoms with Crippen molar-refractivity contribution in [2.24, 2.45) is 0 Å². The fraction of sp³-hybridized carbons (Fsp3) is 0.227. The van der Waals surface area contributed by atoms with E-state index >= 15 is 0 Å². The number of ether oxygens (including phenoxy) is 1. The second-order valence-electron chi connectivity index (χ2n) is 7.46. The summed E-state index contributed by atoms with van der Waals surface area (Å²) in [7, 11) is 0. The number of nitrogen functional groups attached to an aromatic ring is 1. The Morgan fingerprint density at radius 3 is 2.74 bits per heavy atom. The lowest BCUT2D eigenvalue weighted by atomic mass is 10.1. The molecule has 2 aromatic carbocycles. The highest BCUT2D eigenvalue weighted by atomic mass is 19.2. The zero-order chi connectivity index (χ0) is 21.4. The number of rotatable bonds is 5. The van der Waals surface area contributed by atoms with Crippen molar-refractivity contribution in [2.75, 3.05) is 12.3 Å². The third kappa shape index (κ3) is 3.68. The number of fused-ring (bicyclic) bond motifs is 1. The number of anilines is 1. The summed E-state index contributed by atoms with van der Waals surface area (Å²) in [5.74, 6) is -1.44. The molecule has 5 rings (SSSR count). The Morgan fingerprint density at radius 2 is 1.97 bits per heavy atom. The van der Waals surface area contributed by atoms with Crippen LogP contribution < -0.4 is 15.8 Å². The van der Waals surface area contributed by atoms with Crippen LogP contribution in [0.3, 0.4) is 0 Å². The number of hydrogen-bond acceptors (Lipinski definition) is 6. The van der Waals surface area contributed by atoms with E-state index in [1.807, 2.05) is 4.68 Å². The molecule has 1 saturated heterocycles. The SMILES string of the molecule is Nc1ncnc2c1c(-c1ccc(Oc3cccc(F)c3F)cc1)nn2CC1CCCN1. The number of halogens is 2. The van der Waals surface area contributed by atoms with E-state index in [4.69, 9.17) is 15.6 Å². The highest BCUT2D eigenvalue weighted by molar-refractivity contribution is 5.98. The van der Waals surface area contributed by atoms with Gasteiger partial charge >= 0.3 is 0 Å². The Hall–Kier alpha value is -3.59. The maximum absolute atomic E-state index is 13.9. The summed E-state index contributed by atoms with van der Waals surface area (Å²) in [6.07, 6.45) is 3.66. The number of benzene rings is 2. The predicted molar refractivity (Wildman–Crippen MR) is 113 cm³/mol. The van der Waals surface area contributed by atoms with Gasteiger partial charge in [0.2, 0.25) is 5.82 Å². The summed E-state index contributed by atoms with van der Waals surface area (Å²) < 4.78 is 34.6. The van der Waals surface area contributed by atoms with Crippen LogP contribution in [0.15, 0.2) is 48.8 Å². The summed E-state index contributed by atoms with van der Waals surface area (Å²) in [6.45, 7) is 1.69. The lowest BCUT2D eigenvalue weighted by molar-refractivity contribution is 0.416. The first kappa shape index (κ1) is 19.4. The fourth-order valence-electron chi connectivity index (χ4n) is 3.85. The van der Waals surface area contributed by atoms with E-state index in [2.05, 4.69) is 15.3 Å². The van der Waals surface area contributed by atoms with E-state index in [9.17, 15) is 8.78 Å². The first-order valence-electron chi connectivity index (χ1n) is 10.0. The molecule has 0 radical (unpaired) electrons. The maximum atomic E-state index is 13.9. The van der Waals surface area contributed by atoms with Gasteiger partial charge in [-0.25, -0.2) is 19.0 Å². The van der Waals surface area contributed by atoms with Crippen LogP contribution in [0.2, 0.25) is 0 Å². The molecule has 1 atom stereocenters. The zero-order valence-electron chi connectivity index (χ0n) is 16.6. The van der Waals surface area contributed by atoms with Crippen molar-refractivity contribution in [3.63, 3.8) is 0 Å². The second kappa shape index (κ2) is 7.92. The van der Waals surface area contributed by atoms with Gasteiger partial charge in [0, 0.05) is 11.6 Å². The molecular formula is C22H20F2N6O. The molecule has 4 aromatic rings. The molecule has 2 aromatic heterocycles. The summed E-state index contributed by atoms with van der Waals surface area (Å²) in [4.78, 5) is 8.53. The summed E-state index contributed by atoms with van der Waals surface area (Å²) >= 11 is 0. The number of nitrogens with two attached hydrogens (primary N) is 1. The van der Waals surface area contributed by atoms with E-state index in [0.29, 0.717) is 40.9 Å². The van der Waals surface area contributed by atoms with Crippen molar-refractivity contribution in [1.29, 1.82) is 0 Å². The minimum Gasteiger partial charge on any atom is -0.454 e. The van der Waals surface area contributed by atoms with Crippen molar-refractivity contribution in [3.8, 4) is 22.8 Å². The van der Waals surface area contributed by atoms with Crippen LogP contribution in [-0.2, 0) is 6.54 Å². The van der Waals surface area contributed by atoms with Gasteiger partial charge in [0.25, 0.3) is 0 Å². The molecule has 7 nitrogen and oxygen atoms in total. The first-order valence-corrected chi connectivity index (χ1v) is 10.0. The largest absolute Gasteiger partial charge is 0.454 e. The predicted octanol–water partition coefficient (Wildman–Crippen LogP) is 3.90. The van der Waals surface area contributed by atoms with Crippen LogP contribution in [0.25, 0.3) is 22.3 Å². The quantitative estimate of drug-likeness (QED) is 0.507. The van der Waals surface area contributed by atoms with E-state index < -0.39 is 11.6 Å². The van der Waals surface area contributed by atoms with Crippen LogP contribution in [-0.4, -0.2) is 32.3 Å². The topological polar surface area (TPSA) is 90.9 Å². The maximum Gasteiger partial charge on any atom is 0.201 e. The van der Waals surface area contributed by atoms with Crippen LogP contribution in [0.1, 0.15) is 12.8 Å². The van der Waals surface area contributed by atoms with Gasteiger partial charge in [-0.15, -0.1) is 0 Å². The molecule has 0 bridgehead atoms. The van der Waals surface area contributed by atoms with E-state index in [-0.39, 0.29) is 5.75 Å². The van der Waals surface area contributed by atoms with Gasteiger partial charge in [-0.2, -0.15) is 9.49 Å². The Labute approximate surface area is 176 Å². The number of nitrogens with one attached hydrogen (secondary N) is 1. The van der Waals surface area contributed by atoms with Crippen molar-refractivity contribution in [1.82, 2.24) is 25.1 Å². The van der Waals surface area contributed by atoms with Gasteiger partial charge in [-0.05, 0) is 55.8 Å². The van der Waals surface area contributed by atoms with Gasteiger partial charge in [0.05, 0.1) is 11.9 Å². The minimum atomic E-state index is -1.03. The number of nitrogens with zero attached hydrogens (tertiary/aromatic N) is 4. The van der Waals surface area contributed by atoms with Gasteiger partial charge in [-0.1, -0.05) is 6.07 Å². The van der Waals surface area contributed by atoms with Crippen LogP contribution in [0.5, 0.6) is 11.5 Å². The molecule has 0 amide bonds. The molecule has 0 aliphatic carbocycles. The van der Waals surface area contributed by atoms with Crippen molar-refractivity contribution in [2.45, 2.75) is 25.4 Å². The molecule has 9 heteroatoms. The normalized spacial score (nSPS) is 16.1. The molecule has 158 valence electrons. The smallest absolute Gasteiger partial charge is 0.201 e. The van der Waals surface area contributed by atoms with Crippen LogP contribution >= 0.6 is 0 Å². The Morgan fingerprint density at radius 1 is 1.13 bits per heavy atom. The standard InChI is InChI=1S/C22H20F2N6O/c23-16-4-1-5-17(19(16)24)31-15-8-6-13(7-9-15)20-18-21(25)27-12-28-22(18)30(29-20)11-14-3-2-10-26-14/h1,4-9,12,14,26H,2-3,10-11H2,(H2,25,27,28). The highest BCUT2D eigenvalue weighted by Gasteiger charge is 2.21. The monoisotopic (exact) mass is 422 g/mol. The Bertz CT molecular complexity index is 1230. The van der Waals surface area contributed by atoms with Gasteiger partial charge < -0.3 is 15.8 Å². The van der Waals surface area contributed by atoms with E-state index in [1.54, 1.807) is 24.3 Å². The molecule has 31 heavy (non-hydrogen) atoms. The fourth-order valence-corrected chi connectivity index (χ4v) is 3.85. The Kier molecular flexibility index (Phi) is 4.95. The van der Waals surface area contributed by atoms with Crippen molar-refractivity contribution >= 4 is 16.9 Å². The zero-order valence-corrected chi connectivity index (χ0v) is 16.6. The van der Waals surface area contributed by atoms with Crippen molar-refractivity contribution in [3.05, 3.63) is 60.4 Å². The van der Waals surface area contributed by atoms with E-state index in [1.165, 1.54) is 18.5 Å². The molecule has 1 aliphatic rings. The number of hydrogen-bond donors (Lipinski definition) is 2. The van der Waals surface area contributed by atoms with Crippen molar-refractivity contribution < 1.29 is 13.5 Å².